The average molecular weight is 383 g/mol. The van der Waals surface area contributed by atoms with Crippen LogP contribution in [0.4, 0.5) is 0 Å². The van der Waals surface area contributed by atoms with Gasteiger partial charge in [0.25, 0.3) is 10.0 Å². The maximum atomic E-state index is 12.5. The van der Waals surface area contributed by atoms with Gasteiger partial charge in [0.15, 0.2) is 0 Å². The maximum absolute atomic E-state index is 12.5. The van der Waals surface area contributed by atoms with Crippen LogP contribution in [0.1, 0.15) is 12.5 Å². The lowest BCUT2D eigenvalue weighted by molar-refractivity contribution is 0.139. The Morgan fingerprint density at radius 2 is 2.12 bits per heavy atom. The van der Waals surface area contributed by atoms with Gasteiger partial charge in [-0.1, -0.05) is 23.5 Å². The lowest BCUT2D eigenvalue weighted by Gasteiger charge is -2.05. The summed E-state index contributed by atoms with van der Waals surface area (Å²) in [4.78, 5) is 0.476. The van der Waals surface area contributed by atoms with E-state index in [0.717, 1.165) is 15.8 Å². The predicted octanol–water partition coefficient (Wildman–Crippen LogP) is 3.40. The lowest BCUT2D eigenvalue weighted by Crippen LogP contribution is -2.19. The number of nitrogens with zero attached hydrogens (tertiary/aromatic N) is 2. The smallest absolute Gasteiger partial charge is 0.294 e. The second-order valence-corrected chi connectivity index (χ2v) is 8.99. The van der Waals surface area contributed by atoms with Gasteiger partial charge in [-0.25, -0.2) is 0 Å². The number of sulfonamides is 1. The minimum atomic E-state index is -3.69. The van der Waals surface area contributed by atoms with E-state index in [4.69, 9.17) is 4.74 Å². The number of aryl methyl sites for hydroxylation is 1. The fraction of sp³-hybridized carbons (Fsp3) is 0.312. The van der Waals surface area contributed by atoms with Gasteiger partial charge in [-0.3, -0.25) is 0 Å². The second-order valence-electron chi connectivity index (χ2n) is 5.20. The topological polar surface area (TPSA) is 60.7 Å². The molecule has 5 nitrogen and oxygen atoms in total. The lowest BCUT2D eigenvalue weighted by atomic mass is 10.2. The van der Waals surface area contributed by atoms with Crippen molar-refractivity contribution < 1.29 is 13.2 Å². The van der Waals surface area contributed by atoms with Gasteiger partial charge in [-0.15, -0.1) is 15.7 Å². The van der Waals surface area contributed by atoms with Crippen molar-refractivity contribution in [3.05, 3.63) is 46.1 Å². The number of aromatic nitrogens is 1. The highest BCUT2D eigenvalue weighted by molar-refractivity contribution is 7.92. The first-order valence-corrected chi connectivity index (χ1v) is 10.7. The molecule has 0 N–H and O–H groups in total. The van der Waals surface area contributed by atoms with E-state index in [9.17, 15) is 8.42 Å². The van der Waals surface area contributed by atoms with Crippen LogP contribution in [0.3, 0.4) is 0 Å². The molecule has 0 aliphatic carbocycles. The molecule has 3 rings (SSSR count). The van der Waals surface area contributed by atoms with Gasteiger partial charge >= 0.3 is 0 Å². The number of fused-ring (bicyclic) bond motifs is 1. The Bertz CT molecular complexity index is 999. The molecule has 0 fully saturated rings. The highest BCUT2D eigenvalue weighted by Crippen LogP contribution is 2.21. The van der Waals surface area contributed by atoms with Crippen LogP contribution in [0, 0.1) is 6.92 Å². The van der Waals surface area contributed by atoms with Crippen LogP contribution in [-0.2, 0) is 21.3 Å². The predicted molar refractivity (Wildman–Crippen MR) is 98.1 cm³/mol. The molecule has 8 heteroatoms. The van der Waals surface area contributed by atoms with Gasteiger partial charge in [0.05, 0.1) is 16.8 Å². The third kappa shape index (κ3) is 3.61. The van der Waals surface area contributed by atoms with Crippen LogP contribution >= 0.6 is 22.7 Å². The fourth-order valence-electron chi connectivity index (χ4n) is 2.32. The summed E-state index contributed by atoms with van der Waals surface area (Å²) >= 11 is 2.56. The molecule has 0 bridgehead atoms. The Morgan fingerprint density at radius 3 is 2.83 bits per heavy atom. The molecule has 0 atom stereocenters. The van der Waals surface area contributed by atoms with E-state index in [1.165, 1.54) is 22.7 Å². The number of ether oxygens (including phenoxy) is 1. The summed E-state index contributed by atoms with van der Waals surface area (Å²) in [6.07, 6.45) is 0. The number of hydrogen-bond donors (Lipinski definition) is 0. The van der Waals surface area contributed by atoms with Crippen LogP contribution in [0.25, 0.3) is 10.2 Å². The number of benzene rings is 1. The van der Waals surface area contributed by atoms with E-state index in [1.54, 1.807) is 17.5 Å². The van der Waals surface area contributed by atoms with Crippen LogP contribution < -0.4 is 4.80 Å². The first-order chi connectivity index (χ1) is 11.5. The first-order valence-electron chi connectivity index (χ1n) is 7.53. The highest BCUT2D eigenvalue weighted by Gasteiger charge is 2.15. The van der Waals surface area contributed by atoms with E-state index in [0.29, 0.717) is 24.6 Å². The number of thiophene rings is 1. The molecule has 0 saturated heterocycles. The van der Waals surface area contributed by atoms with Crippen LogP contribution in [0.15, 0.2) is 44.3 Å². The standard InChI is InChI=1S/C16H18N2O3S3/c1-3-21-9-8-18-13-7-6-12(2)11-14(13)23-16(18)17-24(19,20)15-5-4-10-22-15/h4-7,10-11H,3,8-9H2,1-2H3/b17-16-. The zero-order chi connectivity index (χ0) is 17.2. The molecule has 2 aromatic heterocycles. The molecule has 128 valence electrons. The van der Waals surface area contributed by atoms with Crippen LogP contribution in [0.2, 0.25) is 0 Å². The first kappa shape index (κ1) is 17.3. The van der Waals surface area contributed by atoms with Gasteiger partial charge in [0.2, 0.25) is 4.80 Å². The molecular weight excluding hydrogens is 364 g/mol. The number of rotatable bonds is 6. The van der Waals surface area contributed by atoms with Crippen molar-refractivity contribution in [2.75, 3.05) is 13.2 Å². The van der Waals surface area contributed by atoms with Gasteiger partial charge in [-0.2, -0.15) is 8.42 Å². The van der Waals surface area contributed by atoms with Crippen molar-refractivity contribution in [3.8, 4) is 0 Å². The summed E-state index contributed by atoms with van der Waals surface area (Å²) in [6, 6.07) is 9.36. The Morgan fingerprint density at radius 1 is 1.29 bits per heavy atom. The summed E-state index contributed by atoms with van der Waals surface area (Å²) < 4.78 is 37.7. The zero-order valence-electron chi connectivity index (χ0n) is 13.4. The van der Waals surface area contributed by atoms with Crippen LogP contribution in [0.5, 0.6) is 0 Å². The minimum Gasteiger partial charge on any atom is -0.380 e. The highest BCUT2D eigenvalue weighted by atomic mass is 32.2. The third-order valence-electron chi connectivity index (χ3n) is 3.45. The average Bonchev–Trinajstić information content (AvgIpc) is 3.16. The number of hydrogen-bond acceptors (Lipinski definition) is 5. The zero-order valence-corrected chi connectivity index (χ0v) is 15.9. The third-order valence-corrected chi connectivity index (χ3v) is 7.25. The molecule has 0 unspecified atom stereocenters. The molecule has 1 aromatic carbocycles. The van der Waals surface area contributed by atoms with E-state index in [-0.39, 0.29) is 4.21 Å². The molecule has 0 amide bonds. The van der Waals surface area contributed by atoms with Crippen LogP contribution in [-0.4, -0.2) is 26.2 Å². The summed E-state index contributed by atoms with van der Waals surface area (Å²) in [5.41, 5.74) is 2.11. The van der Waals surface area contributed by atoms with Crippen molar-refractivity contribution in [2.45, 2.75) is 24.6 Å². The van der Waals surface area contributed by atoms with Gasteiger partial charge in [0, 0.05) is 13.2 Å². The van der Waals surface area contributed by atoms with Crippen molar-refractivity contribution >= 4 is 42.9 Å². The summed E-state index contributed by atoms with van der Waals surface area (Å²) in [5.74, 6) is 0. The second kappa shape index (κ2) is 7.18. The molecule has 0 radical (unpaired) electrons. The van der Waals surface area contributed by atoms with Gasteiger partial charge < -0.3 is 9.30 Å². The Labute approximate surface area is 148 Å². The molecular formula is C16H18N2O3S3. The molecule has 0 saturated carbocycles. The monoisotopic (exact) mass is 382 g/mol. The summed E-state index contributed by atoms with van der Waals surface area (Å²) in [5, 5.41) is 1.74. The fourth-order valence-corrected chi connectivity index (χ4v) is 5.65. The van der Waals surface area contributed by atoms with Crippen molar-refractivity contribution in [2.24, 2.45) is 4.40 Å². The minimum absolute atomic E-state index is 0.257. The molecule has 0 aliphatic heterocycles. The Hall–Kier alpha value is -1.48. The quantitative estimate of drug-likeness (QED) is 0.614. The molecule has 3 aromatic rings. The van der Waals surface area contributed by atoms with E-state index >= 15 is 0 Å². The largest absolute Gasteiger partial charge is 0.380 e. The van der Waals surface area contributed by atoms with E-state index in [2.05, 4.69) is 4.40 Å². The maximum Gasteiger partial charge on any atom is 0.294 e. The van der Waals surface area contributed by atoms with Gasteiger partial charge in [0.1, 0.15) is 4.21 Å². The van der Waals surface area contributed by atoms with Gasteiger partial charge in [-0.05, 0) is 43.0 Å². The summed E-state index contributed by atoms with van der Waals surface area (Å²) in [6.45, 7) is 5.66. The summed E-state index contributed by atoms with van der Waals surface area (Å²) in [7, 11) is -3.69. The molecule has 0 spiro atoms. The SMILES string of the molecule is CCOCCn1/c(=N/S(=O)(=O)c2cccs2)sc2cc(C)ccc21. The van der Waals surface area contributed by atoms with E-state index in [1.807, 2.05) is 36.6 Å². The Kier molecular flexibility index (Phi) is 5.19. The van der Waals surface area contributed by atoms with Crippen molar-refractivity contribution in [3.63, 3.8) is 0 Å². The Balaban J connectivity index is 2.15. The number of thiazole rings is 1. The van der Waals surface area contributed by atoms with E-state index < -0.39 is 10.0 Å². The van der Waals surface area contributed by atoms with Crippen molar-refractivity contribution in [1.82, 2.24) is 4.57 Å². The normalized spacial score (nSPS) is 13.0. The molecule has 2 heterocycles. The molecule has 24 heavy (non-hydrogen) atoms. The van der Waals surface area contributed by atoms with Crippen molar-refractivity contribution in [1.29, 1.82) is 0 Å². The molecule has 0 aliphatic rings.